The maximum Gasteiger partial charge on any atom is 0.319 e. The summed E-state index contributed by atoms with van der Waals surface area (Å²) in [6, 6.07) is 7.59. The first-order chi connectivity index (χ1) is 11.9. The summed E-state index contributed by atoms with van der Waals surface area (Å²) in [5.74, 6) is 0. The predicted molar refractivity (Wildman–Crippen MR) is 104 cm³/mol. The first kappa shape index (κ1) is 20.1. The van der Waals surface area contributed by atoms with E-state index in [1.165, 1.54) is 43.3 Å². The smallest absolute Gasteiger partial charge is 0.319 e. The lowest BCUT2D eigenvalue weighted by molar-refractivity contribution is 0.251. The van der Waals surface area contributed by atoms with E-state index in [4.69, 9.17) is 0 Å². The Bertz CT molecular complexity index is 673. The van der Waals surface area contributed by atoms with Crippen molar-refractivity contribution in [3.05, 3.63) is 24.3 Å². The normalized spacial score (nSPS) is 15.5. The average molecular weight is 386 g/mol. The average Bonchev–Trinajstić information content (AvgIpc) is 3.05. The summed E-state index contributed by atoms with van der Waals surface area (Å²) in [4.78, 5) is 13.2. The van der Waals surface area contributed by atoms with Crippen LogP contribution in [0, 0.1) is 0 Å². The Balaban J connectivity index is 1.78. The number of thioether (sulfide) groups is 1. The van der Waals surface area contributed by atoms with Gasteiger partial charge in [0.25, 0.3) is 0 Å². The van der Waals surface area contributed by atoms with E-state index in [2.05, 4.69) is 10.6 Å². The Hall–Kier alpha value is -1.25. The molecule has 2 N–H and O–H groups in total. The molecule has 0 saturated heterocycles. The minimum absolute atomic E-state index is 0.263. The number of carbonyl (C=O) groups is 1. The zero-order valence-electron chi connectivity index (χ0n) is 14.8. The van der Waals surface area contributed by atoms with Crippen molar-refractivity contribution in [2.45, 2.75) is 42.2 Å². The van der Waals surface area contributed by atoms with Gasteiger partial charge in [0.1, 0.15) is 0 Å². The third-order valence-electron chi connectivity index (χ3n) is 4.23. The lowest BCUT2D eigenvalue weighted by atomic mass is 10.3. The van der Waals surface area contributed by atoms with Crippen LogP contribution >= 0.6 is 11.8 Å². The minimum Gasteiger partial charge on any atom is -0.338 e. The van der Waals surface area contributed by atoms with Crippen LogP contribution in [0.2, 0.25) is 0 Å². The highest BCUT2D eigenvalue weighted by Crippen LogP contribution is 2.37. The second kappa shape index (κ2) is 9.45. The highest BCUT2D eigenvalue weighted by Gasteiger charge is 2.18. The summed E-state index contributed by atoms with van der Waals surface area (Å²) < 4.78 is 23.9. The minimum atomic E-state index is -3.17. The highest BCUT2D eigenvalue weighted by molar-refractivity contribution is 8.00. The summed E-state index contributed by atoms with van der Waals surface area (Å²) in [7, 11) is -1.63. The Morgan fingerprint density at radius 3 is 2.64 bits per heavy atom. The van der Waals surface area contributed by atoms with Gasteiger partial charge < -0.3 is 10.6 Å². The molecule has 1 aliphatic rings. The summed E-state index contributed by atoms with van der Waals surface area (Å²) in [5, 5.41) is 6.31. The standard InChI is InChI=1S/C17H27N3O3S2/c1-20(25(2,22)23)13-7-12-18-17(21)19-15-10-5-6-11-16(15)24-14-8-3-4-9-14/h5-6,10-11,14H,3-4,7-9,12-13H2,1-2H3,(H2,18,19,21). The second-order valence-electron chi connectivity index (χ2n) is 6.34. The van der Waals surface area contributed by atoms with Crippen LogP contribution in [0.3, 0.4) is 0 Å². The van der Waals surface area contributed by atoms with Crippen LogP contribution in [0.15, 0.2) is 29.2 Å². The van der Waals surface area contributed by atoms with Crippen LogP contribution < -0.4 is 10.6 Å². The summed E-state index contributed by atoms with van der Waals surface area (Å²) >= 11 is 1.84. The lowest BCUT2D eigenvalue weighted by Crippen LogP contribution is -2.33. The van der Waals surface area contributed by atoms with Gasteiger partial charge in [0, 0.05) is 30.3 Å². The van der Waals surface area contributed by atoms with Crippen molar-refractivity contribution >= 4 is 33.5 Å². The van der Waals surface area contributed by atoms with Gasteiger partial charge in [0.05, 0.1) is 11.9 Å². The largest absolute Gasteiger partial charge is 0.338 e. The monoisotopic (exact) mass is 385 g/mol. The van der Waals surface area contributed by atoms with Gasteiger partial charge in [-0.25, -0.2) is 17.5 Å². The van der Waals surface area contributed by atoms with Crippen molar-refractivity contribution in [3.8, 4) is 0 Å². The molecule has 2 amide bonds. The first-order valence-corrected chi connectivity index (χ1v) is 11.3. The van der Waals surface area contributed by atoms with Crippen molar-refractivity contribution in [1.82, 2.24) is 9.62 Å². The van der Waals surface area contributed by atoms with Gasteiger partial charge in [-0.3, -0.25) is 0 Å². The molecule has 1 aliphatic carbocycles. The first-order valence-electron chi connectivity index (χ1n) is 8.58. The third-order valence-corrected chi connectivity index (χ3v) is 6.96. The Morgan fingerprint density at radius 1 is 1.28 bits per heavy atom. The molecule has 2 rings (SSSR count). The molecule has 6 nitrogen and oxygen atoms in total. The molecule has 0 unspecified atom stereocenters. The van der Waals surface area contributed by atoms with E-state index in [1.807, 2.05) is 36.0 Å². The molecule has 0 radical (unpaired) electrons. The topological polar surface area (TPSA) is 78.5 Å². The van der Waals surface area contributed by atoms with Gasteiger partial charge in [-0.2, -0.15) is 0 Å². The number of hydrogen-bond acceptors (Lipinski definition) is 4. The van der Waals surface area contributed by atoms with E-state index in [0.717, 1.165) is 10.6 Å². The molecule has 0 aliphatic heterocycles. The molecule has 0 aromatic heterocycles. The van der Waals surface area contributed by atoms with E-state index >= 15 is 0 Å². The molecule has 1 saturated carbocycles. The number of sulfonamides is 1. The second-order valence-corrected chi connectivity index (χ2v) is 9.77. The van der Waals surface area contributed by atoms with Crippen LogP contribution in [-0.2, 0) is 10.0 Å². The van der Waals surface area contributed by atoms with Gasteiger partial charge in [-0.05, 0) is 31.4 Å². The quantitative estimate of drug-likeness (QED) is 0.674. The molecule has 0 heterocycles. The van der Waals surface area contributed by atoms with Gasteiger partial charge in [0.2, 0.25) is 10.0 Å². The summed E-state index contributed by atoms with van der Waals surface area (Å²) in [6.07, 6.45) is 6.78. The molecule has 0 bridgehead atoms. The van der Waals surface area contributed by atoms with Crippen LogP contribution in [-0.4, -0.2) is 50.4 Å². The zero-order chi connectivity index (χ0) is 18.3. The SMILES string of the molecule is CN(CCCNC(=O)Nc1ccccc1SC1CCCC1)S(C)(=O)=O. The van der Waals surface area contributed by atoms with Crippen molar-refractivity contribution in [3.63, 3.8) is 0 Å². The number of benzene rings is 1. The molecule has 8 heteroatoms. The maximum atomic E-state index is 12.1. The molecular weight excluding hydrogens is 358 g/mol. The van der Waals surface area contributed by atoms with E-state index in [-0.39, 0.29) is 6.03 Å². The third kappa shape index (κ3) is 6.87. The van der Waals surface area contributed by atoms with E-state index in [9.17, 15) is 13.2 Å². The van der Waals surface area contributed by atoms with Crippen LogP contribution in [0.1, 0.15) is 32.1 Å². The van der Waals surface area contributed by atoms with E-state index in [1.54, 1.807) is 0 Å². The Morgan fingerprint density at radius 2 is 1.96 bits per heavy atom. The van der Waals surface area contributed by atoms with E-state index < -0.39 is 10.0 Å². The molecule has 1 fully saturated rings. The number of anilines is 1. The number of nitrogens with zero attached hydrogens (tertiary/aromatic N) is 1. The van der Waals surface area contributed by atoms with Crippen LogP contribution in [0.5, 0.6) is 0 Å². The Kier molecular flexibility index (Phi) is 7.58. The lowest BCUT2D eigenvalue weighted by Gasteiger charge is -2.15. The zero-order valence-corrected chi connectivity index (χ0v) is 16.5. The van der Waals surface area contributed by atoms with Gasteiger partial charge in [-0.15, -0.1) is 11.8 Å². The number of urea groups is 1. The van der Waals surface area contributed by atoms with Crippen LogP contribution in [0.25, 0.3) is 0 Å². The molecule has 140 valence electrons. The number of amides is 2. The van der Waals surface area contributed by atoms with Crippen LogP contribution in [0.4, 0.5) is 10.5 Å². The van der Waals surface area contributed by atoms with Crippen molar-refractivity contribution in [2.24, 2.45) is 0 Å². The van der Waals surface area contributed by atoms with E-state index in [0.29, 0.717) is 24.8 Å². The summed E-state index contributed by atoms with van der Waals surface area (Å²) in [6.45, 7) is 0.802. The molecule has 1 aromatic rings. The summed E-state index contributed by atoms with van der Waals surface area (Å²) in [5.41, 5.74) is 0.824. The molecule has 25 heavy (non-hydrogen) atoms. The number of nitrogens with one attached hydrogen (secondary N) is 2. The van der Waals surface area contributed by atoms with Gasteiger partial charge in [-0.1, -0.05) is 25.0 Å². The van der Waals surface area contributed by atoms with Gasteiger partial charge >= 0.3 is 6.03 Å². The van der Waals surface area contributed by atoms with Crippen molar-refractivity contribution in [1.29, 1.82) is 0 Å². The van der Waals surface area contributed by atoms with Crippen molar-refractivity contribution in [2.75, 3.05) is 31.7 Å². The Labute approximate surface area is 154 Å². The molecule has 0 atom stereocenters. The number of para-hydroxylation sites is 1. The van der Waals surface area contributed by atoms with Crippen molar-refractivity contribution < 1.29 is 13.2 Å². The number of hydrogen-bond donors (Lipinski definition) is 2. The fourth-order valence-corrected chi connectivity index (χ4v) is 4.49. The number of rotatable bonds is 8. The molecule has 0 spiro atoms. The van der Waals surface area contributed by atoms with Gasteiger partial charge in [0.15, 0.2) is 0 Å². The molecule has 1 aromatic carbocycles. The maximum absolute atomic E-state index is 12.1. The highest BCUT2D eigenvalue weighted by atomic mass is 32.2. The predicted octanol–water partition coefficient (Wildman–Crippen LogP) is 3.12. The number of carbonyl (C=O) groups excluding carboxylic acids is 1. The fraction of sp³-hybridized carbons (Fsp3) is 0.588. The fourth-order valence-electron chi connectivity index (χ4n) is 2.69. The molecular formula is C17H27N3O3S2.